The Labute approximate surface area is 71.3 Å². The van der Waals surface area contributed by atoms with E-state index in [9.17, 15) is 0 Å². The number of hydrazine groups is 1. The highest BCUT2D eigenvalue weighted by atomic mass is 15.2. The molecule has 1 aromatic carbocycles. The van der Waals surface area contributed by atoms with Gasteiger partial charge in [0.1, 0.15) is 0 Å². The molecule has 0 bridgehead atoms. The van der Waals surface area contributed by atoms with Crippen molar-refractivity contribution in [3.05, 3.63) is 24.3 Å². The molecule has 0 heterocycles. The van der Waals surface area contributed by atoms with Gasteiger partial charge in [0.15, 0.2) is 0 Å². The number of nitrogens with two attached hydrogens (primary N) is 2. The van der Waals surface area contributed by atoms with E-state index in [1.54, 1.807) is 6.92 Å². The van der Waals surface area contributed by atoms with Crippen molar-refractivity contribution in [2.45, 2.75) is 6.92 Å². The fourth-order valence-corrected chi connectivity index (χ4v) is 0.836. The second-order valence-electron chi connectivity index (χ2n) is 2.44. The van der Waals surface area contributed by atoms with Crippen molar-refractivity contribution in [3.63, 3.8) is 0 Å². The summed E-state index contributed by atoms with van der Waals surface area (Å²) in [4.78, 5) is 4.06. The van der Waals surface area contributed by atoms with E-state index >= 15 is 0 Å². The molecule has 0 unspecified atom stereocenters. The maximum Gasteiger partial charge on any atom is 0.0964 e. The highest BCUT2D eigenvalue weighted by molar-refractivity contribution is 5.80. The third kappa shape index (κ3) is 2.25. The SMILES string of the molecule is CC(N)=Nc1ccc(NN)cc1. The quantitative estimate of drug-likeness (QED) is 0.264. The Hall–Kier alpha value is -1.55. The zero-order valence-corrected chi connectivity index (χ0v) is 6.91. The lowest BCUT2D eigenvalue weighted by atomic mass is 10.3. The topological polar surface area (TPSA) is 76.4 Å². The van der Waals surface area contributed by atoms with Crippen molar-refractivity contribution in [2.75, 3.05) is 5.43 Å². The Morgan fingerprint density at radius 3 is 2.33 bits per heavy atom. The van der Waals surface area contributed by atoms with Gasteiger partial charge in [0.25, 0.3) is 0 Å². The number of hydrogen-bond acceptors (Lipinski definition) is 3. The summed E-state index contributed by atoms with van der Waals surface area (Å²) in [5.74, 6) is 5.74. The Bertz CT molecular complexity index is 272. The van der Waals surface area contributed by atoms with Crippen LogP contribution >= 0.6 is 0 Å². The fourth-order valence-electron chi connectivity index (χ4n) is 0.836. The number of benzene rings is 1. The summed E-state index contributed by atoms with van der Waals surface area (Å²) >= 11 is 0. The molecule has 0 saturated carbocycles. The number of anilines is 1. The van der Waals surface area contributed by atoms with Crippen LogP contribution in [0.15, 0.2) is 29.3 Å². The third-order valence-corrected chi connectivity index (χ3v) is 1.34. The normalized spacial score (nSPS) is 11.3. The zero-order valence-electron chi connectivity index (χ0n) is 6.91. The van der Waals surface area contributed by atoms with Gasteiger partial charge in [-0.1, -0.05) is 0 Å². The van der Waals surface area contributed by atoms with Gasteiger partial charge in [0, 0.05) is 5.69 Å². The van der Waals surface area contributed by atoms with Crippen LogP contribution < -0.4 is 17.0 Å². The summed E-state index contributed by atoms with van der Waals surface area (Å²) in [5, 5.41) is 0. The number of nitrogens with one attached hydrogen (secondary N) is 1. The van der Waals surface area contributed by atoms with Crippen LogP contribution in [0.3, 0.4) is 0 Å². The number of nitrogens with zero attached hydrogens (tertiary/aromatic N) is 1. The number of amidine groups is 1. The molecule has 0 aliphatic heterocycles. The van der Waals surface area contributed by atoms with Crippen LogP contribution in [0.2, 0.25) is 0 Å². The number of rotatable bonds is 2. The second-order valence-corrected chi connectivity index (χ2v) is 2.44. The van der Waals surface area contributed by atoms with Gasteiger partial charge in [0.2, 0.25) is 0 Å². The van der Waals surface area contributed by atoms with E-state index in [0.717, 1.165) is 11.4 Å². The Kier molecular flexibility index (Phi) is 2.66. The average Bonchev–Trinajstić information content (AvgIpc) is 2.05. The summed E-state index contributed by atoms with van der Waals surface area (Å²) in [6.07, 6.45) is 0. The van der Waals surface area contributed by atoms with E-state index in [4.69, 9.17) is 11.6 Å². The molecule has 0 aliphatic carbocycles. The standard InChI is InChI=1S/C8H12N4/c1-6(9)11-7-2-4-8(12-10)5-3-7/h2-5,12H,10H2,1H3,(H2,9,11). The molecule has 0 fully saturated rings. The van der Waals surface area contributed by atoms with Crippen molar-refractivity contribution in [1.82, 2.24) is 0 Å². The molecule has 0 atom stereocenters. The Morgan fingerprint density at radius 2 is 1.92 bits per heavy atom. The lowest BCUT2D eigenvalue weighted by Crippen LogP contribution is -2.06. The first kappa shape index (κ1) is 8.55. The lowest BCUT2D eigenvalue weighted by Gasteiger charge is -1.99. The van der Waals surface area contributed by atoms with Gasteiger partial charge in [-0.2, -0.15) is 0 Å². The van der Waals surface area contributed by atoms with Gasteiger partial charge in [0.05, 0.1) is 11.5 Å². The fraction of sp³-hybridized carbons (Fsp3) is 0.125. The average molecular weight is 164 g/mol. The summed E-state index contributed by atoms with van der Waals surface area (Å²) in [7, 11) is 0. The molecular formula is C8H12N4. The minimum absolute atomic E-state index is 0.545. The molecule has 0 aromatic heterocycles. The van der Waals surface area contributed by atoms with Gasteiger partial charge in [-0.05, 0) is 31.2 Å². The molecule has 0 radical (unpaired) electrons. The summed E-state index contributed by atoms with van der Waals surface area (Å²) < 4.78 is 0. The first-order valence-corrected chi connectivity index (χ1v) is 3.60. The number of hydrogen-bond donors (Lipinski definition) is 3. The van der Waals surface area contributed by atoms with E-state index in [-0.39, 0.29) is 0 Å². The maximum absolute atomic E-state index is 5.40. The third-order valence-electron chi connectivity index (χ3n) is 1.34. The molecule has 0 spiro atoms. The highest BCUT2D eigenvalue weighted by Gasteiger charge is 1.89. The van der Waals surface area contributed by atoms with Crippen LogP contribution in [0.1, 0.15) is 6.92 Å². The van der Waals surface area contributed by atoms with E-state index in [1.165, 1.54) is 0 Å². The second kappa shape index (κ2) is 3.73. The van der Waals surface area contributed by atoms with Crippen LogP contribution in [0.25, 0.3) is 0 Å². The molecule has 0 amide bonds. The van der Waals surface area contributed by atoms with E-state index in [0.29, 0.717) is 5.84 Å². The van der Waals surface area contributed by atoms with Crippen molar-refractivity contribution in [3.8, 4) is 0 Å². The van der Waals surface area contributed by atoms with Gasteiger partial charge in [-0.15, -0.1) is 0 Å². The van der Waals surface area contributed by atoms with Crippen LogP contribution in [0.4, 0.5) is 11.4 Å². The van der Waals surface area contributed by atoms with Gasteiger partial charge in [-0.25, -0.2) is 4.99 Å². The van der Waals surface area contributed by atoms with Crippen molar-refractivity contribution >= 4 is 17.2 Å². The summed E-state index contributed by atoms with van der Waals surface area (Å²) in [6.45, 7) is 1.75. The van der Waals surface area contributed by atoms with E-state index < -0.39 is 0 Å². The Morgan fingerprint density at radius 1 is 1.33 bits per heavy atom. The molecule has 0 saturated heterocycles. The van der Waals surface area contributed by atoms with Crippen LogP contribution in [-0.4, -0.2) is 5.84 Å². The van der Waals surface area contributed by atoms with E-state index in [1.807, 2.05) is 24.3 Å². The van der Waals surface area contributed by atoms with Gasteiger partial charge < -0.3 is 11.2 Å². The summed E-state index contributed by atoms with van der Waals surface area (Å²) in [6, 6.07) is 7.35. The molecule has 1 aromatic rings. The molecule has 1 rings (SSSR count). The van der Waals surface area contributed by atoms with Crippen LogP contribution in [0, 0.1) is 0 Å². The van der Waals surface area contributed by atoms with Crippen molar-refractivity contribution in [1.29, 1.82) is 0 Å². The first-order chi connectivity index (χ1) is 5.72. The molecule has 12 heavy (non-hydrogen) atoms. The Balaban J connectivity index is 2.85. The van der Waals surface area contributed by atoms with E-state index in [2.05, 4.69) is 10.4 Å². The predicted octanol–water partition coefficient (Wildman–Crippen LogP) is 0.981. The minimum Gasteiger partial charge on any atom is -0.387 e. The maximum atomic E-state index is 5.40. The molecule has 4 heteroatoms. The summed E-state index contributed by atoms with van der Waals surface area (Å²) in [5.41, 5.74) is 9.61. The largest absolute Gasteiger partial charge is 0.387 e. The van der Waals surface area contributed by atoms with Crippen LogP contribution in [-0.2, 0) is 0 Å². The van der Waals surface area contributed by atoms with Gasteiger partial charge in [-0.3, -0.25) is 5.84 Å². The van der Waals surface area contributed by atoms with Crippen molar-refractivity contribution in [2.24, 2.45) is 16.6 Å². The smallest absolute Gasteiger partial charge is 0.0964 e. The molecule has 64 valence electrons. The minimum atomic E-state index is 0.545. The molecule has 4 nitrogen and oxygen atoms in total. The first-order valence-electron chi connectivity index (χ1n) is 3.60. The van der Waals surface area contributed by atoms with Gasteiger partial charge >= 0.3 is 0 Å². The highest BCUT2D eigenvalue weighted by Crippen LogP contribution is 2.14. The molecule has 0 aliphatic rings. The zero-order chi connectivity index (χ0) is 8.97. The monoisotopic (exact) mass is 164 g/mol. The molecule has 5 N–H and O–H groups in total. The lowest BCUT2D eigenvalue weighted by molar-refractivity contribution is 1.35. The molecular weight excluding hydrogens is 152 g/mol. The van der Waals surface area contributed by atoms with Crippen LogP contribution in [0.5, 0.6) is 0 Å². The number of aliphatic imine (C=N–C) groups is 1. The van der Waals surface area contributed by atoms with Crippen molar-refractivity contribution < 1.29 is 0 Å². The predicted molar refractivity (Wildman–Crippen MR) is 51.2 cm³/mol. The number of nitrogen functional groups attached to an aromatic ring is 1.